The van der Waals surface area contributed by atoms with Crippen LogP contribution in [0.25, 0.3) is 0 Å². The second-order valence-electron chi connectivity index (χ2n) is 7.21. The zero-order valence-corrected chi connectivity index (χ0v) is 12.7. The van der Waals surface area contributed by atoms with Crippen LogP contribution < -0.4 is 5.32 Å². The summed E-state index contributed by atoms with van der Waals surface area (Å²) >= 11 is 0. The summed E-state index contributed by atoms with van der Waals surface area (Å²) in [5.41, 5.74) is 0.658. The lowest BCUT2D eigenvalue weighted by Crippen LogP contribution is -2.38. The van der Waals surface area contributed by atoms with E-state index in [9.17, 15) is 0 Å². The second kappa shape index (κ2) is 5.50. The molecule has 2 fully saturated rings. The van der Waals surface area contributed by atoms with Crippen LogP contribution in [-0.4, -0.2) is 25.3 Å². The largest absolute Gasteiger partial charge is 0.372 e. The summed E-state index contributed by atoms with van der Waals surface area (Å²) in [6.07, 6.45) is 9.70. The molecule has 0 amide bonds. The molecule has 1 heterocycles. The molecule has 0 bridgehead atoms. The van der Waals surface area contributed by atoms with Crippen LogP contribution in [0.2, 0.25) is 0 Å². The van der Waals surface area contributed by atoms with Gasteiger partial charge in [-0.1, -0.05) is 33.6 Å². The van der Waals surface area contributed by atoms with Gasteiger partial charge in [-0.25, -0.2) is 0 Å². The molecule has 106 valence electrons. The third-order valence-corrected chi connectivity index (χ3v) is 5.52. The van der Waals surface area contributed by atoms with Gasteiger partial charge in [0.25, 0.3) is 0 Å². The fourth-order valence-electron chi connectivity index (χ4n) is 3.86. The van der Waals surface area contributed by atoms with Gasteiger partial charge in [0.1, 0.15) is 0 Å². The van der Waals surface area contributed by atoms with Crippen LogP contribution in [-0.2, 0) is 4.74 Å². The Labute approximate surface area is 113 Å². The Morgan fingerprint density at radius 3 is 2.50 bits per heavy atom. The molecule has 1 aliphatic carbocycles. The smallest absolute Gasteiger partial charge is 0.0687 e. The van der Waals surface area contributed by atoms with Crippen molar-refractivity contribution in [1.29, 1.82) is 0 Å². The highest BCUT2D eigenvalue weighted by Gasteiger charge is 2.44. The normalized spacial score (nSPS) is 30.2. The van der Waals surface area contributed by atoms with Crippen LogP contribution in [0.15, 0.2) is 0 Å². The van der Waals surface area contributed by atoms with E-state index in [2.05, 4.69) is 33.1 Å². The number of hydrogen-bond donors (Lipinski definition) is 1. The van der Waals surface area contributed by atoms with Gasteiger partial charge < -0.3 is 10.1 Å². The molecule has 2 aliphatic rings. The van der Waals surface area contributed by atoms with Gasteiger partial charge >= 0.3 is 0 Å². The summed E-state index contributed by atoms with van der Waals surface area (Å²) in [4.78, 5) is 0. The minimum absolute atomic E-state index is 0.294. The summed E-state index contributed by atoms with van der Waals surface area (Å²) in [6, 6.07) is 0. The molecule has 18 heavy (non-hydrogen) atoms. The zero-order chi connectivity index (χ0) is 13.2. The van der Waals surface area contributed by atoms with E-state index >= 15 is 0 Å². The van der Waals surface area contributed by atoms with E-state index in [1.807, 2.05) is 0 Å². The maximum absolute atomic E-state index is 6.47. The van der Waals surface area contributed by atoms with Crippen molar-refractivity contribution in [3.8, 4) is 0 Å². The number of rotatable bonds is 5. The predicted molar refractivity (Wildman–Crippen MR) is 76.8 cm³/mol. The summed E-state index contributed by atoms with van der Waals surface area (Å²) in [5, 5.41) is 3.37. The van der Waals surface area contributed by atoms with Crippen molar-refractivity contribution >= 4 is 0 Å². The van der Waals surface area contributed by atoms with E-state index in [-0.39, 0.29) is 0 Å². The molecule has 1 aliphatic heterocycles. The molecule has 1 saturated heterocycles. The highest BCUT2D eigenvalue weighted by atomic mass is 16.5. The maximum Gasteiger partial charge on any atom is 0.0687 e. The van der Waals surface area contributed by atoms with E-state index in [0.717, 1.165) is 6.54 Å². The summed E-state index contributed by atoms with van der Waals surface area (Å²) < 4.78 is 6.47. The summed E-state index contributed by atoms with van der Waals surface area (Å²) in [7, 11) is 2.06. The molecule has 0 aromatic carbocycles. The van der Waals surface area contributed by atoms with E-state index < -0.39 is 0 Å². The first kappa shape index (κ1) is 14.3. The van der Waals surface area contributed by atoms with Crippen LogP contribution >= 0.6 is 0 Å². The fourth-order valence-corrected chi connectivity index (χ4v) is 3.86. The average molecular weight is 253 g/mol. The van der Waals surface area contributed by atoms with Crippen LogP contribution in [0.3, 0.4) is 0 Å². The third kappa shape index (κ3) is 2.91. The average Bonchev–Trinajstić information content (AvgIpc) is 2.90. The van der Waals surface area contributed by atoms with Crippen molar-refractivity contribution in [3.05, 3.63) is 0 Å². The topological polar surface area (TPSA) is 21.3 Å². The van der Waals surface area contributed by atoms with Gasteiger partial charge in [-0.05, 0) is 50.5 Å². The molecule has 1 N–H and O–H groups in total. The van der Waals surface area contributed by atoms with Crippen molar-refractivity contribution in [3.63, 3.8) is 0 Å². The van der Waals surface area contributed by atoms with Crippen molar-refractivity contribution in [2.45, 2.75) is 77.4 Å². The fraction of sp³-hybridized carbons (Fsp3) is 1.00. The first-order valence-corrected chi connectivity index (χ1v) is 7.82. The minimum atomic E-state index is 0.294. The van der Waals surface area contributed by atoms with E-state index in [4.69, 9.17) is 4.74 Å². The van der Waals surface area contributed by atoms with Crippen LogP contribution in [0.4, 0.5) is 0 Å². The van der Waals surface area contributed by atoms with Gasteiger partial charge in [0.05, 0.1) is 11.7 Å². The Morgan fingerprint density at radius 2 is 1.94 bits per heavy atom. The summed E-state index contributed by atoms with van der Waals surface area (Å²) in [5.74, 6) is 0.702. The second-order valence-corrected chi connectivity index (χ2v) is 7.21. The van der Waals surface area contributed by atoms with Gasteiger partial charge in [0.15, 0.2) is 0 Å². The molecule has 2 nitrogen and oxygen atoms in total. The lowest BCUT2D eigenvalue weighted by atomic mass is 9.74. The van der Waals surface area contributed by atoms with Crippen LogP contribution in [0, 0.1) is 11.3 Å². The van der Waals surface area contributed by atoms with Gasteiger partial charge in [0, 0.05) is 6.54 Å². The van der Waals surface area contributed by atoms with Gasteiger partial charge in [0.2, 0.25) is 0 Å². The van der Waals surface area contributed by atoms with Crippen molar-refractivity contribution < 1.29 is 4.74 Å². The molecule has 2 unspecified atom stereocenters. The molecule has 0 radical (unpaired) electrons. The van der Waals surface area contributed by atoms with Crippen molar-refractivity contribution in [2.75, 3.05) is 13.6 Å². The highest BCUT2D eigenvalue weighted by molar-refractivity contribution is 4.95. The molecule has 1 spiro atoms. The molecule has 1 saturated carbocycles. The molecule has 0 aromatic rings. The Hall–Kier alpha value is -0.0800. The lowest BCUT2D eigenvalue weighted by Gasteiger charge is -2.36. The van der Waals surface area contributed by atoms with Gasteiger partial charge in [-0.15, -0.1) is 0 Å². The third-order valence-electron chi connectivity index (χ3n) is 5.52. The highest BCUT2D eigenvalue weighted by Crippen LogP contribution is 2.46. The predicted octanol–water partition coefficient (Wildman–Crippen LogP) is 3.75. The van der Waals surface area contributed by atoms with E-state index in [0.29, 0.717) is 23.0 Å². The molecule has 2 atom stereocenters. The molecule has 2 heteroatoms. The van der Waals surface area contributed by atoms with E-state index in [1.54, 1.807) is 0 Å². The number of ether oxygens (including phenoxy) is 1. The maximum atomic E-state index is 6.47. The minimum Gasteiger partial charge on any atom is -0.372 e. The monoisotopic (exact) mass is 253 g/mol. The first-order valence-electron chi connectivity index (χ1n) is 7.82. The van der Waals surface area contributed by atoms with E-state index in [1.165, 1.54) is 44.9 Å². The number of nitrogens with one attached hydrogen (secondary N) is 1. The van der Waals surface area contributed by atoms with Crippen LogP contribution in [0.1, 0.15) is 65.7 Å². The zero-order valence-electron chi connectivity index (χ0n) is 12.7. The standard InChI is InChI=1S/C16H31NO/c1-13(2)15(3,12-17-4)11-14-7-10-16(18-14)8-5-6-9-16/h13-14,17H,5-12H2,1-4H3. The quantitative estimate of drug-likeness (QED) is 0.805. The first-order chi connectivity index (χ1) is 8.50. The SMILES string of the molecule is CNCC(C)(CC1CCC2(CCCC2)O1)C(C)C. The van der Waals surface area contributed by atoms with Crippen molar-refractivity contribution in [2.24, 2.45) is 11.3 Å². The van der Waals surface area contributed by atoms with Gasteiger partial charge in [-0.3, -0.25) is 0 Å². The Bertz CT molecular complexity index is 270. The lowest BCUT2D eigenvalue weighted by molar-refractivity contribution is -0.0564. The summed E-state index contributed by atoms with van der Waals surface area (Å²) in [6.45, 7) is 8.20. The molecule has 0 aromatic heterocycles. The van der Waals surface area contributed by atoms with Crippen molar-refractivity contribution in [1.82, 2.24) is 5.32 Å². The Kier molecular flexibility index (Phi) is 4.38. The Morgan fingerprint density at radius 1 is 1.28 bits per heavy atom. The Balaban J connectivity index is 1.93. The number of hydrogen-bond acceptors (Lipinski definition) is 2. The van der Waals surface area contributed by atoms with Gasteiger partial charge in [-0.2, -0.15) is 0 Å². The molecule has 2 rings (SSSR count). The molecular formula is C16H31NO. The molecular weight excluding hydrogens is 222 g/mol. The van der Waals surface area contributed by atoms with Crippen LogP contribution in [0.5, 0.6) is 0 Å².